The third-order valence-electron chi connectivity index (χ3n) is 3.88. The van der Waals surface area contributed by atoms with Crippen LogP contribution in [0.15, 0.2) is 9.59 Å². The second kappa shape index (κ2) is 5.74. The van der Waals surface area contributed by atoms with Crippen LogP contribution in [0, 0.1) is 17.2 Å². The normalized spacial score (nSPS) is 18.9. The maximum Gasteiger partial charge on any atom is 0.332 e. The number of ether oxygens (including phenoxy) is 1. The van der Waals surface area contributed by atoms with E-state index in [-0.39, 0.29) is 11.7 Å². The average molecular weight is 292 g/mol. The Labute approximate surface area is 123 Å². The largest absolute Gasteiger partial charge is 0.374 e. The average Bonchev–Trinajstić information content (AvgIpc) is 2.48. The number of hydrogen-bond acceptors (Lipinski definition) is 5. The van der Waals surface area contributed by atoms with Gasteiger partial charge in [-0.05, 0) is 5.92 Å². The highest BCUT2D eigenvalue weighted by atomic mass is 16.5. The molecule has 2 rings (SSSR count). The second-order valence-corrected chi connectivity index (χ2v) is 5.62. The molecule has 1 saturated heterocycles. The molecule has 0 N–H and O–H groups in total. The summed E-state index contributed by atoms with van der Waals surface area (Å²) < 4.78 is 8.02. The smallest absolute Gasteiger partial charge is 0.332 e. The quantitative estimate of drug-likeness (QED) is 0.755. The van der Waals surface area contributed by atoms with Crippen LogP contribution in [0.4, 0.5) is 5.82 Å². The number of morpholine rings is 1. The highest BCUT2D eigenvalue weighted by Gasteiger charge is 2.28. The molecule has 1 aromatic rings. The van der Waals surface area contributed by atoms with Crippen molar-refractivity contribution in [1.82, 2.24) is 9.13 Å². The highest BCUT2D eigenvalue weighted by Crippen LogP contribution is 2.21. The van der Waals surface area contributed by atoms with Gasteiger partial charge in [0.15, 0.2) is 5.56 Å². The molecule has 0 aromatic carbocycles. The lowest BCUT2D eigenvalue weighted by molar-refractivity contribution is 0.0109. The predicted octanol–water partition coefficient (Wildman–Crippen LogP) is -0.183. The Hall–Kier alpha value is -2.07. The summed E-state index contributed by atoms with van der Waals surface area (Å²) >= 11 is 0. The van der Waals surface area contributed by atoms with Crippen LogP contribution in [-0.2, 0) is 18.8 Å². The van der Waals surface area contributed by atoms with Gasteiger partial charge in [-0.3, -0.25) is 13.9 Å². The Balaban J connectivity index is 2.56. The Morgan fingerprint density at radius 1 is 1.29 bits per heavy atom. The van der Waals surface area contributed by atoms with Crippen molar-refractivity contribution < 1.29 is 4.74 Å². The van der Waals surface area contributed by atoms with E-state index in [0.717, 1.165) is 4.57 Å². The van der Waals surface area contributed by atoms with E-state index in [0.29, 0.717) is 31.4 Å². The Kier molecular flexibility index (Phi) is 4.19. The van der Waals surface area contributed by atoms with Crippen LogP contribution < -0.4 is 16.1 Å². The summed E-state index contributed by atoms with van der Waals surface area (Å²) in [4.78, 5) is 26.1. The molecule has 2 heterocycles. The molecule has 7 nitrogen and oxygen atoms in total. The molecule has 0 radical (unpaired) electrons. The van der Waals surface area contributed by atoms with Crippen LogP contribution in [0.1, 0.15) is 19.4 Å². The number of nitriles is 1. The van der Waals surface area contributed by atoms with Crippen LogP contribution in [0.3, 0.4) is 0 Å². The van der Waals surface area contributed by atoms with E-state index in [1.165, 1.54) is 11.6 Å². The molecule has 21 heavy (non-hydrogen) atoms. The van der Waals surface area contributed by atoms with Gasteiger partial charge in [-0.15, -0.1) is 0 Å². The fraction of sp³-hybridized carbons (Fsp3) is 0.643. The minimum absolute atomic E-state index is 0.00371. The maximum absolute atomic E-state index is 12.1. The van der Waals surface area contributed by atoms with Crippen molar-refractivity contribution in [3.05, 3.63) is 26.4 Å². The predicted molar refractivity (Wildman–Crippen MR) is 78.4 cm³/mol. The molecule has 0 bridgehead atoms. The van der Waals surface area contributed by atoms with E-state index in [4.69, 9.17) is 4.74 Å². The summed E-state index contributed by atoms with van der Waals surface area (Å²) in [6.45, 7) is 5.74. The van der Waals surface area contributed by atoms with Gasteiger partial charge in [0.1, 0.15) is 11.9 Å². The fourth-order valence-electron chi connectivity index (χ4n) is 2.57. The van der Waals surface area contributed by atoms with Gasteiger partial charge >= 0.3 is 5.69 Å². The van der Waals surface area contributed by atoms with E-state index in [2.05, 4.69) is 13.8 Å². The molecule has 7 heteroatoms. The minimum Gasteiger partial charge on any atom is -0.374 e. The lowest BCUT2D eigenvalue weighted by Gasteiger charge is -2.37. The van der Waals surface area contributed by atoms with Crippen molar-refractivity contribution in [1.29, 1.82) is 5.26 Å². The molecule has 0 spiro atoms. The fourth-order valence-corrected chi connectivity index (χ4v) is 2.57. The van der Waals surface area contributed by atoms with Crippen molar-refractivity contribution in [2.24, 2.45) is 20.0 Å². The molecule has 1 fully saturated rings. The summed E-state index contributed by atoms with van der Waals surface area (Å²) in [5.41, 5.74) is -0.978. The zero-order chi connectivity index (χ0) is 15.7. The Morgan fingerprint density at radius 2 is 1.95 bits per heavy atom. The van der Waals surface area contributed by atoms with Crippen molar-refractivity contribution in [2.75, 3.05) is 24.6 Å². The van der Waals surface area contributed by atoms with Gasteiger partial charge in [0, 0.05) is 27.2 Å². The lowest BCUT2D eigenvalue weighted by Crippen LogP contribution is -2.49. The van der Waals surface area contributed by atoms with Gasteiger partial charge in [-0.1, -0.05) is 13.8 Å². The van der Waals surface area contributed by atoms with E-state index in [1.807, 2.05) is 11.0 Å². The maximum atomic E-state index is 12.1. The van der Waals surface area contributed by atoms with Gasteiger partial charge in [0.2, 0.25) is 0 Å². The molecule has 114 valence electrons. The first kappa shape index (κ1) is 15.3. The standard InChI is InChI=1S/C14H20N4O3/c1-9(2)11-8-18(5-6-21-11)12-10(7-15)13(19)17(4)14(20)16(12)3/h9,11H,5-6,8H2,1-4H3/t11-/m1/s1. The summed E-state index contributed by atoms with van der Waals surface area (Å²) in [6.07, 6.45) is 0.0180. The molecule has 0 amide bonds. The highest BCUT2D eigenvalue weighted by molar-refractivity contribution is 5.53. The molecule has 1 aliphatic heterocycles. The molecule has 1 aliphatic rings. The van der Waals surface area contributed by atoms with Crippen molar-refractivity contribution >= 4 is 5.82 Å². The monoisotopic (exact) mass is 292 g/mol. The zero-order valence-corrected chi connectivity index (χ0v) is 12.8. The summed E-state index contributed by atoms with van der Waals surface area (Å²) in [5.74, 6) is 0.710. The van der Waals surface area contributed by atoms with Crippen LogP contribution >= 0.6 is 0 Å². The first-order chi connectivity index (χ1) is 9.88. The van der Waals surface area contributed by atoms with Crippen molar-refractivity contribution in [3.63, 3.8) is 0 Å². The first-order valence-corrected chi connectivity index (χ1v) is 6.95. The van der Waals surface area contributed by atoms with Crippen LogP contribution in [0.5, 0.6) is 0 Å². The van der Waals surface area contributed by atoms with Gasteiger partial charge in [0.25, 0.3) is 5.56 Å². The molecule has 1 atom stereocenters. The Bertz CT molecular complexity index is 696. The molecule has 0 saturated carbocycles. The van der Waals surface area contributed by atoms with Crippen molar-refractivity contribution in [2.45, 2.75) is 20.0 Å². The molecular formula is C14H20N4O3. The third-order valence-corrected chi connectivity index (χ3v) is 3.88. The van der Waals surface area contributed by atoms with E-state index in [9.17, 15) is 14.9 Å². The number of nitrogens with zero attached hydrogens (tertiary/aromatic N) is 4. The first-order valence-electron chi connectivity index (χ1n) is 6.95. The Morgan fingerprint density at radius 3 is 2.52 bits per heavy atom. The van der Waals surface area contributed by atoms with Crippen LogP contribution in [0.25, 0.3) is 0 Å². The van der Waals surface area contributed by atoms with Crippen molar-refractivity contribution in [3.8, 4) is 6.07 Å². The van der Waals surface area contributed by atoms with E-state index in [1.54, 1.807) is 7.05 Å². The second-order valence-electron chi connectivity index (χ2n) is 5.62. The molecule has 0 unspecified atom stereocenters. The molecular weight excluding hydrogens is 272 g/mol. The minimum atomic E-state index is -0.553. The van der Waals surface area contributed by atoms with Gasteiger partial charge < -0.3 is 9.64 Å². The van der Waals surface area contributed by atoms with Crippen LogP contribution in [-0.4, -0.2) is 34.9 Å². The zero-order valence-electron chi connectivity index (χ0n) is 12.8. The third kappa shape index (κ3) is 2.59. The molecule has 0 aliphatic carbocycles. The van der Waals surface area contributed by atoms with Gasteiger partial charge in [-0.2, -0.15) is 5.26 Å². The number of hydrogen-bond donors (Lipinski definition) is 0. The number of aromatic nitrogens is 2. The number of anilines is 1. The SMILES string of the molecule is CC(C)[C@H]1CN(c2c(C#N)c(=O)n(C)c(=O)n2C)CCO1. The van der Waals surface area contributed by atoms with E-state index >= 15 is 0 Å². The van der Waals surface area contributed by atoms with E-state index < -0.39 is 11.2 Å². The molecule has 1 aromatic heterocycles. The summed E-state index contributed by atoms with van der Waals surface area (Å²) in [5, 5.41) is 9.31. The van der Waals surface area contributed by atoms with Gasteiger partial charge in [0.05, 0.1) is 12.7 Å². The van der Waals surface area contributed by atoms with Gasteiger partial charge in [-0.25, -0.2) is 4.79 Å². The topological polar surface area (TPSA) is 80.3 Å². The lowest BCUT2D eigenvalue weighted by atomic mass is 10.1. The summed E-state index contributed by atoms with van der Waals surface area (Å²) in [7, 11) is 2.96. The summed E-state index contributed by atoms with van der Waals surface area (Å²) in [6, 6.07) is 1.94. The van der Waals surface area contributed by atoms with Crippen LogP contribution in [0.2, 0.25) is 0 Å². The number of rotatable bonds is 2.